The number of hydrogen-bond acceptors (Lipinski definition) is 5. The predicted octanol–water partition coefficient (Wildman–Crippen LogP) is 3.86. The summed E-state index contributed by atoms with van der Waals surface area (Å²) in [4.78, 5) is 2.37. The fourth-order valence-electron chi connectivity index (χ4n) is 3.60. The summed E-state index contributed by atoms with van der Waals surface area (Å²) in [6.07, 6.45) is 6.18. The van der Waals surface area contributed by atoms with Gasteiger partial charge in [-0.15, -0.1) is 0 Å². The van der Waals surface area contributed by atoms with Crippen molar-refractivity contribution in [3.63, 3.8) is 0 Å². The van der Waals surface area contributed by atoms with E-state index in [-0.39, 0.29) is 11.8 Å². The van der Waals surface area contributed by atoms with Crippen molar-refractivity contribution in [3.05, 3.63) is 47.9 Å². The van der Waals surface area contributed by atoms with Gasteiger partial charge in [0.2, 0.25) is 0 Å². The molecule has 2 atom stereocenters. The number of aliphatic hydroxyl groups excluding tert-OH is 1. The van der Waals surface area contributed by atoms with E-state index in [1.54, 1.807) is 31.6 Å². The summed E-state index contributed by atoms with van der Waals surface area (Å²) < 4.78 is 10.6. The summed E-state index contributed by atoms with van der Waals surface area (Å²) in [5.41, 5.74) is 0.860. The van der Waals surface area contributed by atoms with Crippen molar-refractivity contribution in [2.75, 3.05) is 13.7 Å². The van der Waals surface area contributed by atoms with Gasteiger partial charge in [0.15, 0.2) is 0 Å². The molecule has 0 aliphatic carbocycles. The van der Waals surface area contributed by atoms with Crippen LogP contribution in [0.4, 0.5) is 0 Å². The maximum atomic E-state index is 10.5. The highest BCUT2D eigenvalue weighted by molar-refractivity contribution is 5.39. The van der Waals surface area contributed by atoms with Crippen LogP contribution in [0.2, 0.25) is 0 Å². The van der Waals surface area contributed by atoms with Crippen LogP contribution in [0.15, 0.2) is 41.0 Å². The first-order valence-electron chi connectivity index (χ1n) is 8.99. The highest BCUT2D eigenvalue weighted by atomic mass is 16.5. The lowest BCUT2D eigenvalue weighted by Gasteiger charge is -2.31. The summed E-state index contributed by atoms with van der Waals surface area (Å²) in [6, 6.07) is 9.21. The van der Waals surface area contributed by atoms with Crippen molar-refractivity contribution in [1.82, 2.24) is 4.90 Å². The number of phenolic OH excluding ortho intramolecular Hbond substituents is 1. The number of nitrogens with zero attached hydrogens (tertiary/aromatic N) is 1. The predicted molar refractivity (Wildman–Crippen MR) is 95.6 cm³/mol. The van der Waals surface area contributed by atoms with E-state index in [1.807, 2.05) is 12.1 Å². The van der Waals surface area contributed by atoms with E-state index in [2.05, 4.69) is 4.90 Å². The Morgan fingerprint density at radius 2 is 2.16 bits per heavy atom. The zero-order valence-electron chi connectivity index (χ0n) is 14.7. The number of ether oxygens (including phenoxy) is 1. The Balaban J connectivity index is 1.74. The molecule has 0 saturated carbocycles. The van der Waals surface area contributed by atoms with E-state index in [0.29, 0.717) is 18.7 Å². The average Bonchev–Trinajstić information content (AvgIpc) is 3.07. The maximum absolute atomic E-state index is 10.5. The fraction of sp³-hybridized carbons (Fsp3) is 0.500. The van der Waals surface area contributed by atoms with Gasteiger partial charge in [-0.1, -0.05) is 12.8 Å². The number of hydrogen-bond donors (Lipinski definition) is 2. The molecule has 5 heteroatoms. The monoisotopic (exact) mass is 345 g/mol. The van der Waals surface area contributed by atoms with Crippen molar-refractivity contribution in [3.8, 4) is 11.5 Å². The van der Waals surface area contributed by atoms with E-state index in [4.69, 9.17) is 9.15 Å². The summed E-state index contributed by atoms with van der Waals surface area (Å²) in [5, 5.41) is 20.7. The lowest BCUT2D eigenvalue weighted by atomic mass is 10.0. The molecule has 0 radical (unpaired) electrons. The highest BCUT2D eigenvalue weighted by Gasteiger charge is 2.26. The molecule has 136 valence electrons. The zero-order valence-corrected chi connectivity index (χ0v) is 14.7. The van der Waals surface area contributed by atoms with Gasteiger partial charge in [-0.25, -0.2) is 0 Å². The quantitative estimate of drug-likeness (QED) is 0.832. The van der Waals surface area contributed by atoms with Crippen LogP contribution in [0.5, 0.6) is 11.5 Å². The van der Waals surface area contributed by atoms with Gasteiger partial charge in [-0.3, -0.25) is 4.90 Å². The molecule has 1 aromatic carbocycles. The van der Waals surface area contributed by atoms with Gasteiger partial charge in [-0.05, 0) is 56.1 Å². The average molecular weight is 345 g/mol. The van der Waals surface area contributed by atoms with Crippen LogP contribution < -0.4 is 4.74 Å². The minimum atomic E-state index is -0.598. The molecule has 0 amide bonds. The number of phenols is 1. The molecule has 1 aromatic heterocycles. The van der Waals surface area contributed by atoms with Crippen molar-refractivity contribution >= 4 is 0 Å². The number of aliphatic hydroxyl groups is 1. The SMILES string of the molecule is COc1ccc(O)c(CN2CCCCCC2CC(O)c2ccco2)c1. The van der Waals surface area contributed by atoms with Gasteiger partial charge in [0.05, 0.1) is 13.4 Å². The number of rotatable bonds is 6. The van der Waals surface area contributed by atoms with Crippen molar-refractivity contribution in [2.45, 2.75) is 50.8 Å². The third-order valence-corrected chi connectivity index (χ3v) is 5.03. The minimum absolute atomic E-state index is 0.258. The van der Waals surface area contributed by atoms with Crippen LogP contribution >= 0.6 is 0 Å². The molecule has 3 rings (SSSR count). The van der Waals surface area contributed by atoms with Crippen LogP contribution in [0, 0.1) is 0 Å². The Hall–Kier alpha value is -1.98. The third kappa shape index (κ3) is 4.55. The molecule has 1 fully saturated rings. The van der Waals surface area contributed by atoms with Crippen LogP contribution in [0.1, 0.15) is 49.5 Å². The number of methoxy groups -OCH3 is 1. The first kappa shape index (κ1) is 17.8. The van der Waals surface area contributed by atoms with Crippen LogP contribution in [-0.4, -0.2) is 34.8 Å². The standard InChI is InChI=1S/C20H27NO4/c1-24-17-8-9-18(22)15(12-17)14-21-10-4-2-3-6-16(21)13-19(23)20-7-5-11-25-20/h5,7-9,11-12,16,19,22-23H,2-4,6,10,13-14H2,1H3. The summed E-state index contributed by atoms with van der Waals surface area (Å²) in [7, 11) is 1.63. The Kier molecular flexibility index (Phi) is 6.00. The maximum Gasteiger partial charge on any atom is 0.132 e. The van der Waals surface area contributed by atoms with E-state index < -0.39 is 6.10 Å². The Morgan fingerprint density at radius 3 is 2.92 bits per heavy atom. The topological polar surface area (TPSA) is 66.1 Å². The lowest BCUT2D eigenvalue weighted by molar-refractivity contribution is 0.0827. The number of likely N-dealkylation sites (tertiary alicyclic amines) is 1. The smallest absolute Gasteiger partial charge is 0.132 e. The van der Waals surface area contributed by atoms with Crippen LogP contribution in [0.3, 0.4) is 0 Å². The molecule has 2 unspecified atom stereocenters. The third-order valence-electron chi connectivity index (χ3n) is 5.03. The van der Waals surface area contributed by atoms with Gasteiger partial charge >= 0.3 is 0 Å². The highest BCUT2D eigenvalue weighted by Crippen LogP contribution is 2.30. The van der Waals surface area contributed by atoms with Gasteiger partial charge in [0.25, 0.3) is 0 Å². The molecule has 5 nitrogen and oxygen atoms in total. The summed E-state index contributed by atoms with van der Waals surface area (Å²) in [6.45, 7) is 1.62. The number of aromatic hydroxyl groups is 1. The first-order valence-corrected chi connectivity index (χ1v) is 8.99. The largest absolute Gasteiger partial charge is 0.508 e. The molecular formula is C20H27NO4. The van der Waals surface area contributed by atoms with E-state index in [0.717, 1.165) is 37.1 Å². The molecule has 2 heterocycles. The normalized spacial score (nSPS) is 20.2. The van der Waals surface area contributed by atoms with Crippen molar-refractivity contribution < 1.29 is 19.4 Å². The van der Waals surface area contributed by atoms with Crippen molar-refractivity contribution in [1.29, 1.82) is 0 Å². The molecular weight excluding hydrogens is 318 g/mol. The molecule has 25 heavy (non-hydrogen) atoms. The van der Waals surface area contributed by atoms with Gasteiger partial charge in [0.1, 0.15) is 23.4 Å². The van der Waals surface area contributed by atoms with Gasteiger partial charge in [0, 0.05) is 18.2 Å². The zero-order chi connectivity index (χ0) is 17.6. The summed E-state index contributed by atoms with van der Waals surface area (Å²) in [5.74, 6) is 1.65. The molecule has 0 spiro atoms. The molecule has 1 aliphatic rings. The van der Waals surface area contributed by atoms with E-state index in [9.17, 15) is 10.2 Å². The molecule has 1 saturated heterocycles. The van der Waals surface area contributed by atoms with Gasteiger partial charge < -0.3 is 19.4 Å². The Labute approximate surface area is 148 Å². The number of benzene rings is 1. The molecule has 0 bridgehead atoms. The Morgan fingerprint density at radius 1 is 1.28 bits per heavy atom. The van der Waals surface area contributed by atoms with Gasteiger partial charge in [-0.2, -0.15) is 0 Å². The second-order valence-electron chi connectivity index (χ2n) is 6.74. The second-order valence-corrected chi connectivity index (χ2v) is 6.74. The number of furan rings is 1. The molecule has 2 aromatic rings. The molecule has 1 aliphatic heterocycles. The summed E-state index contributed by atoms with van der Waals surface area (Å²) >= 11 is 0. The van der Waals surface area contributed by atoms with E-state index >= 15 is 0 Å². The second kappa shape index (κ2) is 8.41. The fourth-order valence-corrected chi connectivity index (χ4v) is 3.60. The van der Waals surface area contributed by atoms with Crippen LogP contribution in [0.25, 0.3) is 0 Å². The minimum Gasteiger partial charge on any atom is -0.508 e. The Bertz CT molecular complexity index is 656. The van der Waals surface area contributed by atoms with Crippen molar-refractivity contribution in [2.24, 2.45) is 0 Å². The van der Waals surface area contributed by atoms with E-state index in [1.165, 1.54) is 6.42 Å². The van der Waals surface area contributed by atoms with Crippen LogP contribution in [-0.2, 0) is 6.54 Å². The molecule has 2 N–H and O–H groups in total. The first-order chi connectivity index (χ1) is 12.2. The lowest BCUT2D eigenvalue weighted by Crippen LogP contribution is -2.35.